The predicted molar refractivity (Wildman–Crippen MR) is 95.6 cm³/mol. The highest BCUT2D eigenvalue weighted by atomic mass is 16.5. The van der Waals surface area contributed by atoms with Crippen LogP contribution in [0.2, 0.25) is 0 Å². The SMILES string of the molecule is Cc1ccc(OCCC[NH+]2C[C@@H](C)O[C@@H](C)C2)c(C(C)(C)C)c1. The van der Waals surface area contributed by atoms with Crippen LogP contribution >= 0.6 is 0 Å². The summed E-state index contributed by atoms with van der Waals surface area (Å²) in [5, 5.41) is 0. The molecule has 0 aromatic heterocycles. The van der Waals surface area contributed by atoms with Crippen LogP contribution in [0.4, 0.5) is 0 Å². The molecule has 1 unspecified atom stereocenters. The van der Waals surface area contributed by atoms with E-state index < -0.39 is 0 Å². The number of quaternary nitrogens is 1. The molecule has 1 aliphatic heterocycles. The number of hydrogen-bond acceptors (Lipinski definition) is 2. The zero-order valence-corrected chi connectivity index (χ0v) is 15.7. The second-order valence-electron chi connectivity index (χ2n) is 8.12. The summed E-state index contributed by atoms with van der Waals surface area (Å²) >= 11 is 0. The maximum Gasteiger partial charge on any atom is 0.123 e. The normalized spacial score (nSPS) is 25.4. The smallest absolute Gasteiger partial charge is 0.123 e. The molecule has 0 aliphatic carbocycles. The van der Waals surface area contributed by atoms with E-state index in [1.54, 1.807) is 4.90 Å². The largest absolute Gasteiger partial charge is 0.493 e. The highest BCUT2D eigenvalue weighted by Gasteiger charge is 2.25. The fourth-order valence-corrected chi connectivity index (χ4v) is 3.45. The van der Waals surface area contributed by atoms with Crippen LogP contribution in [0, 0.1) is 6.92 Å². The average molecular weight is 320 g/mol. The summed E-state index contributed by atoms with van der Waals surface area (Å²) < 4.78 is 11.9. The maximum absolute atomic E-state index is 6.12. The zero-order valence-electron chi connectivity index (χ0n) is 15.7. The fourth-order valence-electron chi connectivity index (χ4n) is 3.45. The summed E-state index contributed by atoms with van der Waals surface area (Å²) in [4.78, 5) is 1.64. The van der Waals surface area contributed by atoms with Gasteiger partial charge in [-0.15, -0.1) is 0 Å². The number of rotatable bonds is 5. The topological polar surface area (TPSA) is 22.9 Å². The molecule has 1 aromatic carbocycles. The Morgan fingerprint density at radius 2 is 1.83 bits per heavy atom. The van der Waals surface area contributed by atoms with Gasteiger partial charge in [-0.3, -0.25) is 0 Å². The Kier molecular flexibility index (Phi) is 6.10. The van der Waals surface area contributed by atoms with Crippen LogP contribution in [-0.4, -0.2) is 38.4 Å². The lowest BCUT2D eigenvalue weighted by Crippen LogP contribution is -3.15. The standard InChI is InChI=1S/C20H33NO2/c1-15-8-9-19(18(12-15)20(4,5)6)22-11-7-10-21-13-16(2)23-17(3)14-21/h8-9,12,16-17H,7,10-11,13-14H2,1-6H3/p+1/t16-,17+. The molecule has 3 atom stereocenters. The van der Waals surface area contributed by atoms with Crippen molar-refractivity contribution in [2.45, 2.75) is 65.6 Å². The Morgan fingerprint density at radius 1 is 1.17 bits per heavy atom. The van der Waals surface area contributed by atoms with Gasteiger partial charge in [0.15, 0.2) is 0 Å². The molecular formula is C20H34NO2+. The van der Waals surface area contributed by atoms with E-state index >= 15 is 0 Å². The van der Waals surface area contributed by atoms with Gasteiger partial charge in [-0.25, -0.2) is 0 Å². The molecule has 0 bridgehead atoms. The molecule has 0 amide bonds. The molecule has 3 nitrogen and oxygen atoms in total. The Labute approximate surface area is 142 Å². The quantitative estimate of drug-likeness (QED) is 0.843. The molecular weight excluding hydrogens is 286 g/mol. The predicted octanol–water partition coefficient (Wildman–Crippen LogP) is 2.75. The molecule has 1 aliphatic rings. The van der Waals surface area contributed by atoms with Crippen molar-refractivity contribution in [3.05, 3.63) is 29.3 Å². The highest BCUT2D eigenvalue weighted by Crippen LogP contribution is 2.32. The zero-order chi connectivity index (χ0) is 17.0. The van der Waals surface area contributed by atoms with Gasteiger partial charge < -0.3 is 14.4 Å². The van der Waals surface area contributed by atoms with Crippen LogP contribution in [0.1, 0.15) is 52.2 Å². The molecule has 2 rings (SSSR count). The number of aryl methyl sites for hydroxylation is 1. The molecule has 0 radical (unpaired) electrons. The van der Waals surface area contributed by atoms with Gasteiger partial charge in [0.1, 0.15) is 31.0 Å². The van der Waals surface area contributed by atoms with Crippen molar-refractivity contribution in [2.24, 2.45) is 0 Å². The summed E-state index contributed by atoms with van der Waals surface area (Å²) in [6, 6.07) is 6.52. The molecule has 0 saturated carbocycles. The van der Waals surface area contributed by atoms with Crippen molar-refractivity contribution in [1.29, 1.82) is 0 Å². The number of morpholine rings is 1. The van der Waals surface area contributed by atoms with Gasteiger partial charge in [0.25, 0.3) is 0 Å². The van der Waals surface area contributed by atoms with Crippen LogP contribution < -0.4 is 9.64 Å². The van der Waals surface area contributed by atoms with E-state index in [4.69, 9.17) is 9.47 Å². The molecule has 1 heterocycles. The molecule has 3 heteroatoms. The van der Waals surface area contributed by atoms with E-state index in [0.717, 1.165) is 38.4 Å². The number of nitrogens with one attached hydrogen (secondary N) is 1. The van der Waals surface area contributed by atoms with E-state index in [1.165, 1.54) is 11.1 Å². The van der Waals surface area contributed by atoms with Gasteiger partial charge in [-0.05, 0) is 37.8 Å². The van der Waals surface area contributed by atoms with Crippen molar-refractivity contribution >= 4 is 0 Å². The number of hydrogen-bond donors (Lipinski definition) is 1. The third-order valence-electron chi connectivity index (χ3n) is 4.49. The second-order valence-corrected chi connectivity index (χ2v) is 8.12. The first-order chi connectivity index (χ1) is 10.8. The summed E-state index contributed by atoms with van der Waals surface area (Å²) in [6.07, 6.45) is 1.84. The number of ether oxygens (including phenoxy) is 2. The molecule has 0 spiro atoms. The van der Waals surface area contributed by atoms with Crippen LogP contribution in [-0.2, 0) is 10.2 Å². The Hall–Kier alpha value is -1.06. The molecule has 23 heavy (non-hydrogen) atoms. The lowest BCUT2D eigenvalue weighted by Gasteiger charge is -2.32. The summed E-state index contributed by atoms with van der Waals surface area (Å²) in [5.74, 6) is 1.04. The first-order valence-corrected chi connectivity index (χ1v) is 8.98. The summed E-state index contributed by atoms with van der Waals surface area (Å²) in [6.45, 7) is 17.4. The second kappa shape index (κ2) is 7.67. The van der Waals surface area contributed by atoms with Crippen molar-refractivity contribution in [3.63, 3.8) is 0 Å². The van der Waals surface area contributed by atoms with Crippen molar-refractivity contribution in [3.8, 4) is 5.75 Å². The van der Waals surface area contributed by atoms with Crippen molar-refractivity contribution in [2.75, 3.05) is 26.2 Å². The van der Waals surface area contributed by atoms with Gasteiger partial charge in [0.05, 0.1) is 13.2 Å². The summed E-state index contributed by atoms with van der Waals surface area (Å²) in [5.41, 5.74) is 2.71. The molecule has 1 fully saturated rings. The van der Waals surface area contributed by atoms with Gasteiger partial charge in [-0.2, -0.15) is 0 Å². The van der Waals surface area contributed by atoms with Crippen LogP contribution in [0.3, 0.4) is 0 Å². The Morgan fingerprint density at radius 3 is 2.43 bits per heavy atom. The molecule has 130 valence electrons. The Balaban J connectivity index is 1.85. The minimum absolute atomic E-state index is 0.113. The first-order valence-electron chi connectivity index (χ1n) is 8.98. The maximum atomic E-state index is 6.12. The Bertz CT molecular complexity index is 497. The first kappa shape index (κ1) is 18.3. The summed E-state index contributed by atoms with van der Waals surface area (Å²) in [7, 11) is 0. The minimum atomic E-state index is 0.113. The van der Waals surface area contributed by atoms with E-state index in [2.05, 4.69) is 59.7 Å². The minimum Gasteiger partial charge on any atom is -0.493 e. The lowest BCUT2D eigenvalue weighted by atomic mass is 9.85. The van der Waals surface area contributed by atoms with E-state index in [1.807, 2.05) is 0 Å². The molecule has 1 N–H and O–H groups in total. The van der Waals surface area contributed by atoms with E-state index in [0.29, 0.717) is 12.2 Å². The monoisotopic (exact) mass is 320 g/mol. The van der Waals surface area contributed by atoms with Gasteiger partial charge in [0.2, 0.25) is 0 Å². The van der Waals surface area contributed by atoms with E-state index in [9.17, 15) is 0 Å². The van der Waals surface area contributed by atoms with Crippen molar-refractivity contribution in [1.82, 2.24) is 0 Å². The van der Waals surface area contributed by atoms with Gasteiger partial charge in [-0.1, -0.05) is 38.5 Å². The number of benzene rings is 1. The highest BCUT2D eigenvalue weighted by molar-refractivity contribution is 5.41. The molecule has 1 saturated heterocycles. The fraction of sp³-hybridized carbons (Fsp3) is 0.700. The van der Waals surface area contributed by atoms with Crippen LogP contribution in [0.5, 0.6) is 5.75 Å². The van der Waals surface area contributed by atoms with Crippen molar-refractivity contribution < 1.29 is 14.4 Å². The molecule has 1 aromatic rings. The van der Waals surface area contributed by atoms with E-state index in [-0.39, 0.29) is 5.41 Å². The van der Waals surface area contributed by atoms with Gasteiger partial charge >= 0.3 is 0 Å². The lowest BCUT2D eigenvalue weighted by molar-refractivity contribution is -0.915. The third-order valence-corrected chi connectivity index (χ3v) is 4.49. The average Bonchev–Trinajstić information content (AvgIpc) is 2.42. The van der Waals surface area contributed by atoms with Crippen LogP contribution in [0.15, 0.2) is 18.2 Å². The third kappa shape index (κ3) is 5.50. The van der Waals surface area contributed by atoms with Crippen LogP contribution in [0.25, 0.3) is 0 Å². The van der Waals surface area contributed by atoms with Gasteiger partial charge in [0, 0.05) is 6.42 Å².